The van der Waals surface area contributed by atoms with Gasteiger partial charge < -0.3 is 25.3 Å². The summed E-state index contributed by atoms with van der Waals surface area (Å²) < 4.78 is 0. The van der Waals surface area contributed by atoms with Crippen LogP contribution < -0.4 is 15.5 Å². The third-order valence-electron chi connectivity index (χ3n) is 7.17. The summed E-state index contributed by atoms with van der Waals surface area (Å²) in [4.78, 5) is 32.3. The van der Waals surface area contributed by atoms with Crippen LogP contribution in [-0.4, -0.2) is 68.4 Å². The van der Waals surface area contributed by atoms with E-state index in [4.69, 9.17) is 11.6 Å². The number of nitrogens with zero attached hydrogens (tertiary/aromatic N) is 3. The summed E-state index contributed by atoms with van der Waals surface area (Å²) in [5.74, 6) is -0.0921. The number of carbonyl (C=O) groups excluding carboxylic acids is 2. The van der Waals surface area contributed by atoms with E-state index in [1.165, 1.54) is 0 Å². The lowest BCUT2D eigenvalue weighted by molar-refractivity contribution is -0.118. The molecule has 1 saturated heterocycles. The summed E-state index contributed by atoms with van der Waals surface area (Å²) >= 11 is 6.16. The monoisotopic (exact) mass is 529 g/mol. The molecule has 2 N–H and O–H groups in total. The normalized spacial score (nSPS) is 17.1. The van der Waals surface area contributed by atoms with Crippen molar-refractivity contribution in [3.8, 4) is 0 Å². The lowest BCUT2D eigenvalue weighted by Crippen LogP contribution is -2.45. The molecule has 5 rings (SSSR count). The minimum Gasteiger partial charge on any atom is -0.354 e. The maximum absolute atomic E-state index is 13.1. The van der Waals surface area contributed by atoms with Crippen LogP contribution in [0.5, 0.6) is 0 Å². The van der Waals surface area contributed by atoms with Crippen LogP contribution in [-0.2, 0) is 9.59 Å². The number of halogens is 1. The summed E-state index contributed by atoms with van der Waals surface area (Å²) in [6.45, 7) is 4.87. The van der Waals surface area contributed by atoms with Gasteiger partial charge in [0.05, 0.1) is 17.0 Å². The Morgan fingerprint density at radius 3 is 2.42 bits per heavy atom. The molecule has 2 amide bonds. The molecule has 1 fully saturated rings. The van der Waals surface area contributed by atoms with Crippen LogP contribution in [0, 0.1) is 0 Å². The van der Waals surface area contributed by atoms with Gasteiger partial charge in [-0.2, -0.15) is 0 Å². The number of benzene rings is 3. The molecule has 0 unspecified atom stereocenters. The number of hydrogen-bond donors (Lipinski definition) is 2. The quantitative estimate of drug-likeness (QED) is 0.427. The number of rotatable bonds is 7. The molecule has 0 bridgehead atoms. The minimum atomic E-state index is -0.184. The largest absolute Gasteiger partial charge is 0.354 e. The van der Waals surface area contributed by atoms with Crippen molar-refractivity contribution in [3.63, 3.8) is 0 Å². The summed E-state index contributed by atoms with van der Waals surface area (Å²) in [6.07, 6.45) is 0.489. The number of likely N-dealkylation sites (N-methyl/N-ethyl adjacent to an activating group) is 1. The fourth-order valence-electron chi connectivity index (χ4n) is 4.83. The molecule has 2 heterocycles. The topological polar surface area (TPSA) is 67.9 Å². The number of anilines is 3. The predicted octanol–water partition coefficient (Wildman–Crippen LogP) is 4.87. The van der Waals surface area contributed by atoms with Crippen molar-refractivity contribution in [2.24, 2.45) is 0 Å². The standard InChI is InChI=1S/C30H32ClN5O2/c1-34-16-18-36(19-17-34)15-14-27(37)35(2)24-11-9-23(10-12-24)32-29(21-6-4-3-5-7-21)28-25-13-8-22(31)20-26(25)33-30(28)38/h3-13,20,32H,14-19H2,1-2H3,(H,33,38)/b29-28-. The van der Waals surface area contributed by atoms with Gasteiger partial charge in [0.15, 0.2) is 0 Å². The summed E-state index contributed by atoms with van der Waals surface area (Å²) in [7, 11) is 3.95. The van der Waals surface area contributed by atoms with Crippen molar-refractivity contribution >= 4 is 51.7 Å². The fraction of sp³-hybridized carbons (Fsp3) is 0.267. The maximum atomic E-state index is 13.1. The van der Waals surface area contributed by atoms with Crippen LogP contribution >= 0.6 is 11.6 Å². The Bertz CT molecular complexity index is 1350. The third-order valence-corrected chi connectivity index (χ3v) is 7.41. The molecule has 196 valence electrons. The second-order valence-corrected chi connectivity index (χ2v) is 10.2. The Balaban J connectivity index is 1.34. The van der Waals surface area contributed by atoms with Crippen LogP contribution in [0.1, 0.15) is 17.5 Å². The third kappa shape index (κ3) is 5.75. The van der Waals surface area contributed by atoms with E-state index in [2.05, 4.69) is 27.5 Å². The molecule has 3 aromatic carbocycles. The number of amides is 2. The molecule has 8 heteroatoms. The molecule has 0 atom stereocenters. The highest BCUT2D eigenvalue weighted by Crippen LogP contribution is 2.38. The Morgan fingerprint density at radius 2 is 1.71 bits per heavy atom. The second-order valence-electron chi connectivity index (χ2n) is 9.78. The van der Waals surface area contributed by atoms with Crippen LogP contribution in [0.3, 0.4) is 0 Å². The highest BCUT2D eigenvalue weighted by Gasteiger charge is 2.28. The molecule has 0 spiro atoms. The molecule has 2 aliphatic rings. The minimum absolute atomic E-state index is 0.0922. The van der Waals surface area contributed by atoms with Gasteiger partial charge in [0.2, 0.25) is 5.91 Å². The van der Waals surface area contributed by atoms with E-state index in [9.17, 15) is 9.59 Å². The molecule has 0 saturated carbocycles. The van der Waals surface area contributed by atoms with Crippen molar-refractivity contribution < 1.29 is 9.59 Å². The number of hydrogen-bond acceptors (Lipinski definition) is 5. The highest BCUT2D eigenvalue weighted by molar-refractivity contribution is 6.38. The van der Waals surface area contributed by atoms with Crippen LogP contribution in [0.4, 0.5) is 17.1 Å². The van der Waals surface area contributed by atoms with Crippen LogP contribution in [0.15, 0.2) is 72.8 Å². The predicted molar refractivity (Wildman–Crippen MR) is 155 cm³/mol. The summed E-state index contributed by atoms with van der Waals surface area (Å²) in [6, 6.07) is 22.9. The zero-order chi connectivity index (χ0) is 26.6. The average molecular weight is 530 g/mol. The second kappa shape index (κ2) is 11.4. The summed E-state index contributed by atoms with van der Waals surface area (Å²) in [5, 5.41) is 6.96. The number of nitrogens with one attached hydrogen (secondary N) is 2. The van der Waals surface area contributed by atoms with E-state index < -0.39 is 0 Å². The van der Waals surface area contributed by atoms with Crippen molar-refractivity contribution in [2.45, 2.75) is 6.42 Å². The Labute approximate surface area is 228 Å². The van der Waals surface area contributed by atoms with Gasteiger partial charge in [0.25, 0.3) is 5.91 Å². The first kappa shape index (κ1) is 26.0. The molecule has 0 aliphatic carbocycles. The van der Waals surface area contributed by atoms with Crippen molar-refractivity contribution in [1.29, 1.82) is 0 Å². The fourth-order valence-corrected chi connectivity index (χ4v) is 5.00. The SMILES string of the molecule is CN1CCN(CCC(=O)N(C)c2ccc(N/C(=C3\C(=O)Nc4cc(Cl)ccc43)c3ccccc3)cc2)CC1. The summed E-state index contributed by atoms with van der Waals surface area (Å²) in [5.41, 5.74) is 5.28. The lowest BCUT2D eigenvalue weighted by atomic mass is 10.00. The zero-order valence-corrected chi connectivity index (χ0v) is 22.5. The van der Waals surface area contributed by atoms with Crippen molar-refractivity contribution in [2.75, 3.05) is 62.4 Å². The first-order valence-corrected chi connectivity index (χ1v) is 13.2. The number of fused-ring (bicyclic) bond motifs is 1. The number of piperazine rings is 1. The Kier molecular flexibility index (Phi) is 7.79. The van der Waals surface area contributed by atoms with E-state index in [0.29, 0.717) is 28.4 Å². The molecule has 0 aromatic heterocycles. The van der Waals surface area contributed by atoms with Gasteiger partial charge in [-0.15, -0.1) is 0 Å². The van der Waals surface area contributed by atoms with E-state index in [1.54, 1.807) is 17.0 Å². The van der Waals surface area contributed by atoms with E-state index in [-0.39, 0.29) is 11.8 Å². The smallest absolute Gasteiger partial charge is 0.258 e. The van der Waals surface area contributed by atoms with Gasteiger partial charge in [0, 0.05) is 68.2 Å². The highest BCUT2D eigenvalue weighted by atomic mass is 35.5. The van der Waals surface area contributed by atoms with E-state index in [1.807, 2.05) is 67.7 Å². The van der Waals surface area contributed by atoms with Crippen LogP contribution in [0.2, 0.25) is 5.02 Å². The van der Waals surface area contributed by atoms with Crippen molar-refractivity contribution in [3.05, 3.63) is 88.9 Å². The van der Waals surface area contributed by atoms with Gasteiger partial charge in [0.1, 0.15) is 0 Å². The van der Waals surface area contributed by atoms with Gasteiger partial charge in [-0.05, 0) is 49.0 Å². The van der Waals surface area contributed by atoms with Crippen LogP contribution in [0.25, 0.3) is 11.3 Å². The van der Waals surface area contributed by atoms with Gasteiger partial charge >= 0.3 is 0 Å². The molecule has 7 nitrogen and oxygen atoms in total. The molecular formula is C30H32ClN5O2. The zero-order valence-electron chi connectivity index (χ0n) is 21.7. The van der Waals surface area contributed by atoms with E-state index >= 15 is 0 Å². The molecule has 38 heavy (non-hydrogen) atoms. The van der Waals surface area contributed by atoms with E-state index in [0.717, 1.165) is 55.2 Å². The van der Waals surface area contributed by atoms with Gasteiger partial charge in [-0.3, -0.25) is 9.59 Å². The molecule has 2 aliphatic heterocycles. The Hall–Kier alpha value is -3.65. The van der Waals surface area contributed by atoms with Gasteiger partial charge in [-0.25, -0.2) is 0 Å². The Morgan fingerprint density at radius 1 is 1.00 bits per heavy atom. The average Bonchev–Trinajstić information content (AvgIpc) is 3.26. The lowest BCUT2D eigenvalue weighted by Gasteiger charge is -2.32. The van der Waals surface area contributed by atoms with Gasteiger partial charge in [-0.1, -0.05) is 48.0 Å². The first-order chi connectivity index (χ1) is 18.4. The number of carbonyl (C=O) groups is 2. The molecular weight excluding hydrogens is 498 g/mol. The molecule has 3 aromatic rings. The molecule has 0 radical (unpaired) electrons. The van der Waals surface area contributed by atoms with Crippen molar-refractivity contribution in [1.82, 2.24) is 9.80 Å². The first-order valence-electron chi connectivity index (χ1n) is 12.8. The maximum Gasteiger partial charge on any atom is 0.258 e.